The van der Waals surface area contributed by atoms with E-state index >= 15 is 0 Å². The number of fused-ring (bicyclic) bond motifs is 1. The van der Waals surface area contributed by atoms with E-state index in [1.165, 1.54) is 19.4 Å². The fourth-order valence-corrected chi connectivity index (χ4v) is 2.85. The molecule has 1 amide bonds. The lowest BCUT2D eigenvalue weighted by Crippen LogP contribution is -2.10. The average molecular weight is 410 g/mol. The van der Waals surface area contributed by atoms with E-state index in [-0.39, 0.29) is 35.4 Å². The SMILES string of the molecule is [C-]#[N+]c1cncc2c(N=Nc3nc(NC(=O)CC)c(O)cc3N=COC)snc12. The Balaban J connectivity index is 2.04. The normalized spacial score (nSPS) is 11.2. The summed E-state index contributed by atoms with van der Waals surface area (Å²) in [5.74, 6) is -0.621. The highest BCUT2D eigenvalue weighted by Gasteiger charge is 2.14. The fourth-order valence-electron chi connectivity index (χ4n) is 2.15. The summed E-state index contributed by atoms with van der Waals surface area (Å²) in [6.45, 7) is 8.85. The average Bonchev–Trinajstić information content (AvgIpc) is 3.15. The highest BCUT2D eigenvalue weighted by atomic mass is 32.1. The number of anilines is 1. The summed E-state index contributed by atoms with van der Waals surface area (Å²) in [6.07, 6.45) is 4.33. The van der Waals surface area contributed by atoms with Gasteiger partial charge in [0.25, 0.3) is 0 Å². The minimum Gasteiger partial charge on any atom is -0.504 e. The van der Waals surface area contributed by atoms with Crippen LogP contribution in [0, 0.1) is 6.57 Å². The quantitative estimate of drug-likeness (QED) is 0.267. The summed E-state index contributed by atoms with van der Waals surface area (Å²) in [7, 11) is 1.42. The molecule has 0 aliphatic heterocycles. The number of aliphatic imine (C=N–C) groups is 1. The van der Waals surface area contributed by atoms with Gasteiger partial charge in [-0.15, -0.1) is 10.2 Å². The molecule has 146 valence electrons. The smallest absolute Gasteiger partial charge is 0.231 e. The molecular formula is C17H14N8O3S. The van der Waals surface area contributed by atoms with Crippen molar-refractivity contribution in [1.82, 2.24) is 14.3 Å². The first kappa shape index (κ1) is 19.8. The predicted octanol–water partition coefficient (Wildman–Crippen LogP) is 4.41. The molecule has 12 heteroatoms. The third kappa shape index (κ3) is 4.30. The van der Waals surface area contributed by atoms with E-state index in [2.05, 4.69) is 39.7 Å². The number of methoxy groups -OCH3 is 1. The minimum absolute atomic E-state index is 0.0401. The molecule has 3 aromatic heterocycles. The Morgan fingerprint density at radius 2 is 2.28 bits per heavy atom. The third-order valence-corrected chi connectivity index (χ3v) is 4.30. The number of rotatable bonds is 6. The molecule has 0 bridgehead atoms. The maximum Gasteiger partial charge on any atom is 0.231 e. The van der Waals surface area contributed by atoms with Crippen molar-refractivity contribution in [2.75, 3.05) is 12.4 Å². The molecule has 2 N–H and O–H groups in total. The molecule has 3 heterocycles. The Hall–Kier alpha value is -3.98. The van der Waals surface area contributed by atoms with Crippen molar-refractivity contribution in [2.24, 2.45) is 15.2 Å². The van der Waals surface area contributed by atoms with Crippen molar-refractivity contribution < 1.29 is 14.6 Å². The first-order chi connectivity index (χ1) is 14.1. The van der Waals surface area contributed by atoms with Crippen LogP contribution in [-0.4, -0.2) is 38.9 Å². The summed E-state index contributed by atoms with van der Waals surface area (Å²) in [4.78, 5) is 27.2. The van der Waals surface area contributed by atoms with Gasteiger partial charge in [-0.05, 0) is 11.5 Å². The predicted molar refractivity (Wildman–Crippen MR) is 108 cm³/mol. The first-order valence-electron chi connectivity index (χ1n) is 8.19. The van der Waals surface area contributed by atoms with E-state index < -0.39 is 0 Å². The van der Waals surface area contributed by atoms with E-state index in [4.69, 9.17) is 11.3 Å². The van der Waals surface area contributed by atoms with Crippen molar-refractivity contribution in [3.63, 3.8) is 0 Å². The number of carbonyl (C=O) groups excluding carboxylic acids is 1. The zero-order valence-corrected chi connectivity index (χ0v) is 16.1. The van der Waals surface area contributed by atoms with Crippen molar-refractivity contribution >= 4 is 62.8 Å². The number of hydrogen-bond donors (Lipinski definition) is 2. The Morgan fingerprint density at radius 1 is 1.45 bits per heavy atom. The van der Waals surface area contributed by atoms with Gasteiger partial charge in [0, 0.05) is 30.3 Å². The second-order valence-electron chi connectivity index (χ2n) is 5.43. The standard InChI is InChI=1S/C17H14N8O3S/c1-4-13(27)21-16-12(26)5-10(20-8-28-3)15(22-16)23-24-17-9-6-19-7-11(18-2)14(9)25-29-17/h5-8,26H,4H2,1,3H3,(H,21,22,27). The number of amides is 1. The molecular weight excluding hydrogens is 396 g/mol. The summed E-state index contributed by atoms with van der Waals surface area (Å²) in [5.41, 5.74) is 0.982. The molecule has 0 aromatic carbocycles. The van der Waals surface area contributed by atoms with Gasteiger partial charge in [-0.2, -0.15) is 0 Å². The first-order valence-corrected chi connectivity index (χ1v) is 8.96. The summed E-state index contributed by atoms with van der Waals surface area (Å²) in [5, 5.41) is 21.8. The molecule has 0 saturated carbocycles. The maximum absolute atomic E-state index is 11.6. The number of aromatic hydroxyl groups is 1. The van der Waals surface area contributed by atoms with Crippen LogP contribution in [0.4, 0.5) is 28.0 Å². The molecule has 0 radical (unpaired) electrons. The lowest BCUT2D eigenvalue weighted by Gasteiger charge is -2.07. The van der Waals surface area contributed by atoms with E-state index in [1.807, 2.05) is 0 Å². The van der Waals surface area contributed by atoms with E-state index in [9.17, 15) is 9.90 Å². The number of pyridine rings is 2. The van der Waals surface area contributed by atoms with Gasteiger partial charge in [0.2, 0.25) is 17.4 Å². The Labute approximate surface area is 168 Å². The number of ether oxygens (including phenoxy) is 1. The monoisotopic (exact) mass is 410 g/mol. The zero-order valence-electron chi connectivity index (χ0n) is 15.3. The molecule has 0 spiro atoms. The molecule has 3 rings (SSSR count). The number of nitrogens with zero attached hydrogens (tertiary/aromatic N) is 7. The van der Waals surface area contributed by atoms with Crippen molar-refractivity contribution in [2.45, 2.75) is 13.3 Å². The summed E-state index contributed by atoms with van der Waals surface area (Å²) in [6, 6.07) is 1.28. The Bertz CT molecular complexity index is 1170. The van der Waals surface area contributed by atoms with Crippen molar-refractivity contribution in [1.29, 1.82) is 0 Å². The number of azo groups is 1. The number of carbonyl (C=O) groups is 1. The summed E-state index contributed by atoms with van der Waals surface area (Å²) >= 11 is 1.05. The van der Waals surface area contributed by atoms with Crippen LogP contribution in [0.25, 0.3) is 15.7 Å². The van der Waals surface area contributed by atoms with Crippen LogP contribution in [0.1, 0.15) is 13.3 Å². The second-order valence-corrected chi connectivity index (χ2v) is 6.18. The van der Waals surface area contributed by atoms with Gasteiger partial charge in [0.1, 0.15) is 5.69 Å². The molecule has 0 atom stereocenters. The number of hydrogen-bond acceptors (Lipinski definition) is 10. The van der Waals surface area contributed by atoms with E-state index in [1.54, 1.807) is 13.1 Å². The number of nitrogens with one attached hydrogen (secondary N) is 1. The number of aromatic nitrogens is 3. The minimum atomic E-state index is -0.324. The van der Waals surface area contributed by atoms with Gasteiger partial charge in [-0.1, -0.05) is 6.92 Å². The van der Waals surface area contributed by atoms with Crippen molar-refractivity contribution in [3.05, 3.63) is 29.9 Å². The highest BCUT2D eigenvalue weighted by Crippen LogP contribution is 2.38. The van der Waals surface area contributed by atoms with Gasteiger partial charge < -0.3 is 15.2 Å². The van der Waals surface area contributed by atoms with Gasteiger partial charge in [0.15, 0.2) is 23.0 Å². The molecule has 29 heavy (non-hydrogen) atoms. The highest BCUT2D eigenvalue weighted by molar-refractivity contribution is 7.11. The summed E-state index contributed by atoms with van der Waals surface area (Å²) < 4.78 is 9.02. The second kappa shape index (κ2) is 8.81. The molecule has 0 aliphatic carbocycles. The van der Waals surface area contributed by atoms with Gasteiger partial charge in [-0.25, -0.2) is 19.2 Å². The Kier molecular flexibility index (Phi) is 6.00. The molecule has 3 aromatic rings. The molecule has 0 fully saturated rings. The van der Waals surface area contributed by atoms with Crippen LogP contribution in [0.3, 0.4) is 0 Å². The lowest BCUT2D eigenvalue weighted by molar-refractivity contribution is -0.115. The molecule has 11 nitrogen and oxygen atoms in total. The van der Waals surface area contributed by atoms with Crippen LogP contribution in [0.2, 0.25) is 0 Å². The van der Waals surface area contributed by atoms with Crippen LogP contribution in [-0.2, 0) is 9.53 Å². The van der Waals surface area contributed by atoms with Crippen LogP contribution >= 0.6 is 11.5 Å². The van der Waals surface area contributed by atoms with Gasteiger partial charge >= 0.3 is 0 Å². The maximum atomic E-state index is 11.6. The van der Waals surface area contributed by atoms with Gasteiger partial charge in [0.05, 0.1) is 19.2 Å². The topological polar surface area (TPSA) is 139 Å². The third-order valence-electron chi connectivity index (χ3n) is 3.55. The van der Waals surface area contributed by atoms with Gasteiger partial charge in [-0.3, -0.25) is 9.78 Å². The van der Waals surface area contributed by atoms with E-state index in [0.717, 1.165) is 17.9 Å². The molecule has 0 aliphatic rings. The molecule has 0 unspecified atom stereocenters. The largest absolute Gasteiger partial charge is 0.504 e. The van der Waals surface area contributed by atoms with E-state index in [0.29, 0.717) is 21.6 Å². The zero-order chi connectivity index (χ0) is 20.8. The fraction of sp³-hybridized carbons (Fsp3) is 0.176. The Morgan fingerprint density at radius 3 is 3.00 bits per heavy atom. The molecule has 0 saturated heterocycles. The van der Waals surface area contributed by atoms with Crippen LogP contribution in [0.5, 0.6) is 5.75 Å². The van der Waals surface area contributed by atoms with Crippen molar-refractivity contribution in [3.8, 4) is 5.75 Å². The van der Waals surface area contributed by atoms with Crippen LogP contribution in [0.15, 0.2) is 33.7 Å². The van der Waals surface area contributed by atoms with Crippen LogP contribution < -0.4 is 5.32 Å². The lowest BCUT2D eigenvalue weighted by atomic mass is 10.3.